The highest BCUT2D eigenvalue weighted by molar-refractivity contribution is 7.99. The van der Waals surface area contributed by atoms with Gasteiger partial charge >= 0.3 is 0 Å². The van der Waals surface area contributed by atoms with E-state index in [1.807, 2.05) is 47.0 Å². The molecule has 2 aromatic carbocycles. The van der Waals surface area contributed by atoms with Crippen molar-refractivity contribution in [1.29, 1.82) is 0 Å². The summed E-state index contributed by atoms with van der Waals surface area (Å²) in [7, 11) is 1.63. The second-order valence-corrected chi connectivity index (χ2v) is 7.49. The third-order valence-corrected chi connectivity index (χ3v) is 5.48. The highest BCUT2D eigenvalue weighted by Crippen LogP contribution is 2.30. The van der Waals surface area contributed by atoms with Crippen molar-refractivity contribution < 1.29 is 19.0 Å². The Bertz CT molecular complexity index is 1010. The highest BCUT2D eigenvalue weighted by Gasteiger charge is 2.13. The zero-order valence-corrected chi connectivity index (χ0v) is 17.4. The van der Waals surface area contributed by atoms with Crippen LogP contribution in [0.4, 0.5) is 0 Å². The molecule has 0 spiro atoms. The van der Waals surface area contributed by atoms with Crippen LogP contribution in [0.25, 0.3) is 5.69 Å². The Hall–Kier alpha value is -3.20. The third kappa shape index (κ3) is 4.85. The summed E-state index contributed by atoms with van der Waals surface area (Å²) in [5.41, 5.74) is 1.99. The molecule has 1 aliphatic rings. The van der Waals surface area contributed by atoms with Gasteiger partial charge in [0.05, 0.1) is 12.9 Å². The fourth-order valence-electron chi connectivity index (χ4n) is 3.01. The van der Waals surface area contributed by atoms with E-state index in [0.29, 0.717) is 24.9 Å². The number of thioether (sulfide) groups is 1. The second-order valence-electron chi connectivity index (χ2n) is 6.55. The molecule has 0 aliphatic carbocycles. The molecule has 2 heterocycles. The maximum atomic E-state index is 12.2. The molecule has 1 aromatic heterocycles. The van der Waals surface area contributed by atoms with E-state index in [1.165, 1.54) is 11.8 Å². The Kier molecular flexibility index (Phi) is 6.38. The van der Waals surface area contributed by atoms with E-state index in [4.69, 9.17) is 14.2 Å². The predicted octanol–water partition coefficient (Wildman–Crippen LogP) is 2.50. The lowest BCUT2D eigenvalue weighted by atomic mass is 10.1. The fourth-order valence-corrected chi connectivity index (χ4v) is 3.77. The molecule has 0 saturated carbocycles. The first-order valence-corrected chi connectivity index (χ1v) is 10.5. The van der Waals surface area contributed by atoms with Crippen molar-refractivity contribution in [1.82, 2.24) is 20.1 Å². The largest absolute Gasteiger partial charge is 0.497 e. The maximum Gasteiger partial charge on any atom is 0.230 e. The normalized spacial score (nSPS) is 12.4. The molecule has 30 heavy (non-hydrogen) atoms. The zero-order valence-electron chi connectivity index (χ0n) is 16.5. The number of methoxy groups -OCH3 is 1. The molecule has 4 rings (SSSR count). The van der Waals surface area contributed by atoms with Crippen LogP contribution in [0, 0.1) is 0 Å². The van der Waals surface area contributed by atoms with Crippen LogP contribution < -0.4 is 19.5 Å². The van der Waals surface area contributed by atoms with Crippen LogP contribution in [0.1, 0.15) is 5.56 Å². The quantitative estimate of drug-likeness (QED) is 0.554. The van der Waals surface area contributed by atoms with Crippen molar-refractivity contribution in [3.05, 3.63) is 54.4 Å². The molecule has 0 saturated heterocycles. The van der Waals surface area contributed by atoms with E-state index in [-0.39, 0.29) is 11.7 Å². The van der Waals surface area contributed by atoms with E-state index in [1.54, 1.807) is 13.4 Å². The van der Waals surface area contributed by atoms with Gasteiger partial charge in [0, 0.05) is 12.2 Å². The minimum absolute atomic E-state index is 0.0539. The monoisotopic (exact) mass is 426 g/mol. The van der Waals surface area contributed by atoms with Crippen LogP contribution in [0.2, 0.25) is 0 Å². The average molecular weight is 426 g/mol. The molecule has 9 heteroatoms. The molecular formula is C21H22N4O4S. The maximum absolute atomic E-state index is 12.2. The lowest BCUT2D eigenvalue weighted by Crippen LogP contribution is -2.27. The number of hydrogen-bond acceptors (Lipinski definition) is 7. The topological polar surface area (TPSA) is 87.5 Å². The lowest BCUT2D eigenvalue weighted by molar-refractivity contribution is -0.118. The number of carbonyl (C=O) groups is 1. The van der Waals surface area contributed by atoms with Crippen molar-refractivity contribution in [3.63, 3.8) is 0 Å². The van der Waals surface area contributed by atoms with Crippen molar-refractivity contribution in [2.75, 3.05) is 32.6 Å². The third-order valence-electron chi connectivity index (χ3n) is 4.54. The van der Waals surface area contributed by atoms with E-state index < -0.39 is 0 Å². The van der Waals surface area contributed by atoms with Gasteiger partial charge in [0.2, 0.25) is 5.91 Å². The SMILES string of the molecule is COc1ccc(-n2cnnc2SCC(=O)NCCc2ccc3c(c2)OCCO3)cc1. The summed E-state index contributed by atoms with van der Waals surface area (Å²) in [6, 6.07) is 13.4. The average Bonchev–Trinajstić information content (AvgIpc) is 3.26. The number of hydrogen-bond donors (Lipinski definition) is 1. The number of nitrogens with zero attached hydrogens (tertiary/aromatic N) is 3. The number of ether oxygens (including phenoxy) is 3. The number of amides is 1. The van der Waals surface area contributed by atoms with Crippen LogP contribution in [-0.4, -0.2) is 53.3 Å². The summed E-state index contributed by atoms with van der Waals surface area (Å²) < 4.78 is 18.1. The minimum atomic E-state index is -0.0539. The number of rotatable bonds is 8. The first-order valence-electron chi connectivity index (χ1n) is 9.55. The smallest absolute Gasteiger partial charge is 0.230 e. The Labute approximate surface area is 178 Å². The first-order chi connectivity index (χ1) is 14.7. The number of aromatic nitrogens is 3. The Morgan fingerprint density at radius 1 is 1.17 bits per heavy atom. The van der Waals surface area contributed by atoms with Crippen LogP contribution in [0.5, 0.6) is 17.2 Å². The summed E-state index contributed by atoms with van der Waals surface area (Å²) in [5.74, 6) is 2.51. The van der Waals surface area contributed by atoms with Crippen molar-refractivity contribution in [2.24, 2.45) is 0 Å². The summed E-state index contributed by atoms with van der Waals surface area (Å²) in [6.07, 6.45) is 2.35. The molecule has 1 aliphatic heterocycles. The molecule has 0 radical (unpaired) electrons. The zero-order chi connectivity index (χ0) is 20.8. The standard InChI is InChI=1S/C21H22N4O4S/c1-27-17-5-3-16(4-6-17)25-14-23-24-21(25)30-13-20(26)22-9-8-15-2-7-18-19(12-15)29-11-10-28-18/h2-7,12,14H,8-11,13H2,1H3,(H,22,26). The van der Waals surface area contributed by atoms with E-state index >= 15 is 0 Å². The van der Waals surface area contributed by atoms with Gasteiger partial charge in [-0.25, -0.2) is 0 Å². The van der Waals surface area contributed by atoms with Gasteiger partial charge in [0.25, 0.3) is 0 Å². The number of fused-ring (bicyclic) bond motifs is 1. The van der Waals surface area contributed by atoms with Gasteiger partial charge in [-0.3, -0.25) is 9.36 Å². The summed E-state index contributed by atoms with van der Waals surface area (Å²) in [6.45, 7) is 1.68. The summed E-state index contributed by atoms with van der Waals surface area (Å²) in [5, 5.41) is 11.7. The number of carbonyl (C=O) groups excluding carboxylic acids is 1. The fraction of sp³-hybridized carbons (Fsp3) is 0.286. The van der Waals surface area contributed by atoms with Crippen LogP contribution >= 0.6 is 11.8 Å². The number of nitrogens with one attached hydrogen (secondary N) is 1. The molecule has 1 N–H and O–H groups in total. The van der Waals surface area contributed by atoms with Gasteiger partial charge in [-0.15, -0.1) is 10.2 Å². The molecule has 8 nitrogen and oxygen atoms in total. The molecule has 1 amide bonds. The Balaban J connectivity index is 1.26. The van der Waals surface area contributed by atoms with Crippen LogP contribution in [0.3, 0.4) is 0 Å². The van der Waals surface area contributed by atoms with E-state index in [0.717, 1.165) is 34.9 Å². The highest BCUT2D eigenvalue weighted by atomic mass is 32.2. The number of benzene rings is 2. The lowest BCUT2D eigenvalue weighted by Gasteiger charge is -2.18. The van der Waals surface area contributed by atoms with Crippen LogP contribution in [-0.2, 0) is 11.2 Å². The first kappa shape index (κ1) is 20.1. The molecular weight excluding hydrogens is 404 g/mol. The summed E-state index contributed by atoms with van der Waals surface area (Å²) in [4.78, 5) is 12.2. The van der Waals surface area contributed by atoms with Crippen molar-refractivity contribution in [3.8, 4) is 22.9 Å². The van der Waals surface area contributed by atoms with Crippen molar-refractivity contribution >= 4 is 17.7 Å². The summed E-state index contributed by atoms with van der Waals surface area (Å²) >= 11 is 1.34. The van der Waals surface area contributed by atoms with Gasteiger partial charge in [-0.05, 0) is 48.4 Å². The molecule has 3 aromatic rings. The molecule has 0 unspecified atom stereocenters. The van der Waals surface area contributed by atoms with Gasteiger partial charge < -0.3 is 19.5 Å². The van der Waals surface area contributed by atoms with Gasteiger partial charge in [-0.1, -0.05) is 17.8 Å². The van der Waals surface area contributed by atoms with E-state index in [2.05, 4.69) is 15.5 Å². The van der Waals surface area contributed by atoms with Crippen LogP contribution in [0.15, 0.2) is 53.9 Å². The molecule has 0 fully saturated rings. The second kappa shape index (κ2) is 9.53. The molecule has 0 atom stereocenters. The Morgan fingerprint density at radius 3 is 2.77 bits per heavy atom. The molecule has 0 bridgehead atoms. The van der Waals surface area contributed by atoms with Gasteiger partial charge in [0.15, 0.2) is 16.7 Å². The molecule has 156 valence electrons. The Morgan fingerprint density at radius 2 is 1.97 bits per heavy atom. The minimum Gasteiger partial charge on any atom is -0.497 e. The van der Waals surface area contributed by atoms with Gasteiger partial charge in [-0.2, -0.15) is 0 Å². The van der Waals surface area contributed by atoms with Gasteiger partial charge in [0.1, 0.15) is 25.3 Å². The van der Waals surface area contributed by atoms with E-state index in [9.17, 15) is 4.79 Å². The van der Waals surface area contributed by atoms with Crippen molar-refractivity contribution in [2.45, 2.75) is 11.6 Å². The predicted molar refractivity (Wildman–Crippen MR) is 113 cm³/mol.